The maximum absolute atomic E-state index is 11.0. The Morgan fingerprint density at radius 1 is 0.944 bits per heavy atom. The van der Waals surface area contributed by atoms with Crippen LogP contribution >= 0.6 is 0 Å². The highest BCUT2D eigenvalue weighted by molar-refractivity contribution is 5.81. The second kappa shape index (κ2) is 13.9. The molecule has 0 fully saturated rings. The molecular formula is C15H26O3. The lowest BCUT2D eigenvalue weighted by atomic mass is 10.1. The standard InChI is InChI=1S/C15H26O3/c1-2-18-15(17)13-11-9-7-5-3-4-6-8-10-12-14-16/h11,13-14H,2-10,12H2,1H3/b13-11-. The van der Waals surface area contributed by atoms with Crippen LogP contribution in [0.4, 0.5) is 0 Å². The van der Waals surface area contributed by atoms with Crippen molar-refractivity contribution >= 4 is 12.3 Å². The Bertz CT molecular complexity index is 234. The number of carbonyl (C=O) groups excluding carboxylic acids is 2. The summed E-state index contributed by atoms with van der Waals surface area (Å²) in [6.07, 6.45) is 14.3. The van der Waals surface area contributed by atoms with Gasteiger partial charge in [0.15, 0.2) is 0 Å². The first-order chi connectivity index (χ1) is 8.81. The first-order valence-corrected chi connectivity index (χ1v) is 7.08. The van der Waals surface area contributed by atoms with E-state index in [1.54, 1.807) is 6.92 Å². The summed E-state index contributed by atoms with van der Waals surface area (Å²) in [4.78, 5) is 21.1. The number of carbonyl (C=O) groups is 2. The molecule has 0 rings (SSSR count). The Hall–Kier alpha value is -1.12. The molecule has 0 atom stereocenters. The van der Waals surface area contributed by atoms with Crippen molar-refractivity contribution in [2.24, 2.45) is 0 Å². The molecule has 18 heavy (non-hydrogen) atoms. The van der Waals surface area contributed by atoms with Crippen LogP contribution in [0.25, 0.3) is 0 Å². The van der Waals surface area contributed by atoms with E-state index in [1.807, 2.05) is 6.08 Å². The van der Waals surface area contributed by atoms with Gasteiger partial charge in [-0.05, 0) is 26.2 Å². The van der Waals surface area contributed by atoms with Crippen molar-refractivity contribution in [3.05, 3.63) is 12.2 Å². The summed E-state index contributed by atoms with van der Waals surface area (Å²) in [7, 11) is 0. The topological polar surface area (TPSA) is 43.4 Å². The Kier molecular flexibility index (Phi) is 13.1. The first-order valence-electron chi connectivity index (χ1n) is 7.08. The molecule has 0 aliphatic heterocycles. The molecule has 0 bridgehead atoms. The minimum absolute atomic E-state index is 0.243. The van der Waals surface area contributed by atoms with Crippen LogP contribution in [0.3, 0.4) is 0 Å². The molecule has 0 aliphatic rings. The monoisotopic (exact) mass is 254 g/mol. The maximum Gasteiger partial charge on any atom is 0.330 e. The molecule has 0 aromatic heterocycles. The molecule has 0 saturated carbocycles. The molecule has 0 heterocycles. The predicted octanol–water partition coefficient (Wildman–Crippen LogP) is 3.82. The highest BCUT2D eigenvalue weighted by Gasteiger charge is 1.93. The van der Waals surface area contributed by atoms with Gasteiger partial charge in [0.25, 0.3) is 0 Å². The highest BCUT2D eigenvalue weighted by Crippen LogP contribution is 2.09. The summed E-state index contributed by atoms with van der Waals surface area (Å²) >= 11 is 0. The molecule has 0 aliphatic carbocycles. The molecule has 3 heteroatoms. The number of hydrogen-bond acceptors (Lipinski definition) is 3. The molecule has 0 saturated heterocycles. The lowest BCUT2D eigenvalue weighted by molar-refractivity contribution is -0.137. The fraction of sp³-hybridized carbons (Fsp3) is 0.733. The van der Waals surface area contributed by atoms with Gasteiger partial charge < -0.3 is 9.53 Å². The van der Waals surface area contributed by atoms with Crippen molar-refractivity contribution in [3.8, 4) is 0 Å². The minimum Gasteiger partial charge on any atom is -0.463 e. The zero-order chi connectivity index (χ0) is 13.5. The van der Waals surface area contributed by atoms with E-state index >= 15 is 0 Å². The van der Waals surface area contributed by atoms with E-state index < -0.39 is 0 Å². The van der Waals surface area contributed by atoms with E-state index in [0.29, 0.717) is 13.0 Å². The van der Waals surface area contributed by atoms with Crippen molar-refractivity contribution < 1.29 is 14.3 Å². The molecule has 104 valence electrons. The van der Waals surface area contributed by atoms with Crippen LogP contribution < -0.4 is 0 Å². The molecule has 0 aromatic rings. The fourth-order valence-corrected chi connectivity index (χ4v) is 1.74. The molecule has 0 spiro atoms. The minimum atomic E-state index is -0.243. The second-order valence-electron chi connectivity index (χ2n) is 4.37. The van der Waals surface area contributed by atoms with Crippen molar-refractivity contribution in [1.29, 1.82) is 0 Å². The maximum atomic E-state index is 11.0. The number of unbranched alkanes of at least 4 members (excludes halogenated alkanes) is 8. The third-order valence-electron chi connectivity index (χ3n) is 2.73. The van der Waals surface area contributed by atoms with Crippen LogP contribution in [0.2, 0.25) is 0 Å². The fourth-order valence-electron chi connectivity index (χ4n) is 1.74. The number of ether oxygens (including phenoxy) is 1. The quantitative estimate of drug-likeness (QED) is 0.230. The Labute approximate surface area is 111 Å². The van der Waals surface area contributed by atoms with Gasteiger partial charge in [-0.2, -0.15) is 0 Å². The average Bonchev–Trinajstić information content (AvgIpc) is 2.36. The normalized spacial score (nSPS) is 10.7. The van der Waals surface area contributed by atoms with Crippen LogP contribution in [-0.4, -0.2) is 18.9 Å². The summed E-state index contributed by atoms with van der Waals surface area (Å²) in [5.41, 5.74) is 0. The first kappa shape index (κ1) is 16.9. The van der Waals surface area contributed by atoms with Crippen LogP contribution in [0, 0.1) is 0 Å². The summed E-state index contributed by atoms with van der Waals surface area (Å²) in [6.45, 7) is 2.24. The van der Waals surface area contributed by atoms with Crippen LogP contribution in [0.1, 0.15) is 64.7 Å². The summed E-state index contributed by atoms with van der Waals surface area (Å²) in [5.74, 6) is -0.243. The molecule has 3 nitrogen and oxygen atoms in total. The van der Waals surface area contributed by atoms with Gasteiger partial charge in [0.2, 0.25) is 0 Å². The predicted molar refractivity (Wildman–Crippen MR) is 73.4 cm³/mol. The van der Waals surface area contributed by atoms with Crippen LogP contribution in [0.15, 0.2) is 12.2 Å². The molecule has 0 amide bonds. The summed E-state index contributed by atoms with van der Waals surface area (Å²) < 4.78 is 4.78. The SMILES string of the molecule is CCOC(=O)/C=C\CCCCCCCCCC=O. The van der Waals surface area contributed by atoms with Gasteiger partial charge in [0.05, 0.1) is 6.61 Å². The number of rotatable bonds is 12. The number of hydrogen-bond donors (Lipinski definition) is 0. The number of aldehydes is 1. The number of allylic oxidation sites excluding steroid dienone is 1. The second-order valence-corrected chi connectivity index (χ2v) is 4.37. The van der Waals surface area contributed by atoms with Crippen LogP contribution in [-0.2, 0) is 14.3 Å². The largest absolute Gasteiger partial charge is 0.463 e. The Balaban J connectivity index is 3.16. The molecule has 0 unspecified atom stereocenters. The van der Waals surface area contributed by atoms with Gasteiger partial charge in [0.1, 0.15) is 6.29 Å². The molecule has 0 aromatic carbocycles. The van der Waals surface area contributed by atoms with E-state index in [2.05, 4.69) is 0 Å². The molecular weight excluding hydrogens is 228 g/mol. The molecule has 0 radical (unpaired) electrons. The lowest BCUT2D eigenvalue weighted by Gasteiger charge is -1.99. The van der Waals surface area contributed by atoms with Gasteiger partial charge in [-0.3, -0.25) is 0 Å². The average molecular weight is 254 g/mol. The van der Waals surface area contributed by atoms with Crippen molar-refractivity contribution in [3.63, 3.8) is 0 Å². The van der Waals surface area contributed by atoms with Crippen molar-refractivity contribution in [2.45, 2.75) is 64.7 Å². The Morgan fingerprint density at radius 3 is 2.06 bits per heavy atom. The third-order valence-corrected chi connectivity index (χ3v) is 2.73. The van der Waals surface area contributed by atoms with E-state index in [4.69, 9.17) is 4.74 Å². The van der Waals surface area contributed by atoms with E-state index in [9.17, 15) is 9.59 Å². The van der Waals surface area contributed by atoms with E-state index in [1.165, 1.54) is 38.2 Å². The van der Waals surface area contributed by atoms with Crippen molar-refractivity contribution in [2.75, 3.05) is 6.61 Å². The third kappa shape index (κ3) is 12.9. The van der Waals surface area contributed by atoms with Gasteiger partial charge in [-0.15, -0.1) is 0 Å². The smallest absolute Gasteiger partial charge is 0.330 e. The van der Waals surface area contributed by atoms with Gasteiger partial charge in [0, 0.05) is 12.5 Å². The highest BCUT2D eigenvalue weighted by atomic mass is 16.5. The zero-order valence-corrected chi connectivity index (χ0v) is 11.5. The summed E-state index contributed by atoms with van der Waals surface area (Å²) in [5, 5.41) is 0. The number of esters is 1. The zero-order valence-electron chi connectivity index (χ0n) is 11.5. The lowest BCUT2D eigenvalue weighted by Crippen LogP contribution is -1.98. The van der Waals surface area contributed by atoms with E-state index in [0.717, 1.165) is 25.5 Å². The van der Waals surface area contributed by atoms with Gasteiger partial charge in [-0.1, -0.05) is 38.2 Å². The Morgan fingerprint density at radius 2 is 1.50 bits per heavy atom. The molecule has 0 N–H and O–H groups in total. The summed E-state index contributed by atoms with van der Waals surface area (Å²) in [6, 6.07) is 0. The van der Waals surface area contributed by atoms with Gasteiger partial charge in [-0.25, -0.2) is 4.79 Å². The van der Waals surface area contributed by atoms with Crippen LogP contribution in [0.5, 0.6) is 0 Å². The van der Waals surface area contributed by atoms with Gasteiger partial charge >= 0.3 is 5.97 Å². The van der Waals surface area contributed by atoms with Crippen molar-refractivity contribution in [1.82, 2.24) is 0 Å². The van der Waals surface area contributed by atoms with E-state index in [-0.39, 0.29) is 5.97 Å².